The summed E-state index contributed by atoms with van der Waals surface area (Å²) in [5.41, 5.74) is 4.01. The van der Waals surface area contributed by atoms with Gasteiger partial charge in [-0.05, 0) is 36.5 Å². The Morgan fingerprint density at radius 2 is 1.50 bits per heavy atom. The summed E-state index contributed by atoms with van der Waals surface area (Å²) in [4.78, 5) is 19.6. The highest BCUT2D eigenvalue weighted by molar-refractivity contribution is 5.78. The van der Waals surface area contributed by atoms with E-state index in [0.717, 1.165) is 48.5 Å². The Kier molecular flexibility index (Phi) is 6.43. The first-order valence-electron chi connectivity index (χ1n) is 11.8. The summed E-state index contributed by atoms with van der Waals surface area (Å²) in [6.45, 7) is 1.50. The number of aromatic hydroxyl groups is 1. The number of rotatable bonds is 6. The second-order valence-electron chi connectivity index (χ2n) is 8.76. The van der Waals surface area contributed by atoms with Gasteiger partial charge in [-0.25, -0.2) is 4.98 Å². The van der Waals surface area contributed by atoms with Crippen molar-refractivity contribution in [2.75, 3.05) is 13.1 Å². The summed E-state index contributed by atoms with van der Waals surface area (Å²) in [6, 6.07) is 27.4. The number of benzene rings is 3. The van der Waals surface area contributed by atoms with Crippen LogP contribution in [0.3, 0.4) is 0 Å². The van der Waals surface area contributed by atoms with E-state index in [9.17, 15) is 9.90 Å². The van der Waals surface area contributed by atoms with Crippen LogP contribution in [0.2, 0.25) is 0 Å². The molecule has 0 unspecified atom stereocenters. The monoisotopic (exact) mass is 452 g/mol. The van der Waals surface area contributed by atoms with Crippen LogP contribution in [0.5, 0.6) is 5.75 Å². The summed E-state index contributed by atoms with van der Waals surface area (Å²) in [5.74, 6) is 2.19. The van der Waals surface area contributed by atoms with E-state index >= 15 is 0 Å². The topological polar surface area (TPSA) is 66.6 Å². The molecule has 1 N–H and O–H groups in total. The third-order valence-electron chi connectivity index (χ3n) is 6.52. The van der Waals surface area contributed by atoms with Crippen molar-refractivity contribution in [3.05, 3.63) is 96.4 Å². The van der Waals surface area contributed by atoms with Gasteiger partial charge in [0.2, 0.25) is 5.91 Å². The standard InChI is InChI=1S/C29H28N2O3/c32-25-13-11-21(12-14-25)22-17-19-31(20-18-22)27(33)16-15-26-30-28(23-7-3-1-4-8-23)29(34-26)24-9-5-2-6-10-24/h1-14,22,32H,15-20H2. The van der Waals surface area contributed by atoms with Gasteiger partial charge in [-0.15, -0.1) is 0 Å². The zero-order valence-corrected chi connectivity index (χ0v) is 19.1. The predicted molar refractivity (Wildman–Crippen MR) is 132 cm³/mol. The Morgan fingerprint density at radius 1 is 0.882 bits per heavy atom. The number of aryl methyl sites for hydroxylation is 1. The normalized spacial score (nSPS) is 14.3. The number of hydrogen-bond donors (Lipinski definition) is 1. The fraction of sp³-hybridized carbons (Fsp3) is 0.241. The number of phenolic OH excluding ortho intramolecular Hbond substituents is 1. The van der Waals surface area contributed by atoms with Gasteiger partial charge in [0, 0.05) is 37.1 Å². The second-order valence-corrected chi connectivity index (χ2v) is 8.76. The van der Waals surface area contributed by atoms with Crippen LogP contribution in [0.1, 0.15) is 36.6 Å². The van der Waals surface area contributed by atoms with Crippen molar-refractivity contribution >= 4 is 5.91 Å². The Balaban J connectivity index is 1.24. The van der Waals surface area contributed by atoms with E-state index in [1.54, 1.807) is 12.1 Å². The van der Waals surface area contributed by atoms with E-state index in [1.807, 2.05) is 77.7 Å². The maximum atomic E-state index is 12.9. The lowest BCUT2D eigenvalue weighted by atomic mass is 9.89. The third-order valence-corrected chi connectivity index (χ3v) is 6.52. The molecule has 1 aromatic heterocycles. The van der Waals surface area contributed by atoms with Crippen molar-refractivity contribution in [3.8, 4) is 28.3 Å². The minimum Gasteiger partial charge on any atom is -0.508 e. The number of oxazole rings is 1. The molecule has 1 aliphatic heterocycles. The minimum absolute atomic E-state index is 0.143. The molecular formula is C29H28N2O3. The molecule has 0 spiro atoms. The third kappa shape index (κ3) is 4.88. The number of likely N-dealkylation sites (tertiary alicyclic amines) is 1. The fourth-order valence-corrected chi connectivity index (χ4v) is 4.63. The molecule has 0 atom stereocenters. The maximum absolute atomic E-state index is 12.9. The lowest BCUT2D eigenvalue weighted by molar-refractivity contribution is -0.132. The Hall–Kier alpha value is -3.86. The number of carbonyl (C=O) groups excluding carboxylic acids is 1. The largest absolute Gasteiger partial charge is 0.508 e. The molecule has 5 heteroatoms. The van der Waals surface area contributed by atoms with Crippen LogP contribution >= 0.6 is 0 Å². The molecular weight excluding hydrogens is 424 g/mol. The van der Waals surface area contributed by atoms with Crippen molar-refractivity contribution in [2.45, 2.75) is 31.6 Å². The summed E-state index contributed by atoms with van der Waals surface area (Å²) in [5, 5.41) is 9.51. The summed E-state index contributed by atoms with van der Waals surface area (Å²) >= 11 is 0. The lowest BCUT2D eigenvalue weighted by Crippen LogP contribution is -2.38. The lowest BCUT2D eigenvalue weighted by Gasteiger charge is -2.32. The summed E-state index contributed by atoms with van der Waals surface area (Å²) in [7, 11) is 0. The second kappa shape index (κ2) is 9.96. The first-order chi connectivity index (χ1) is 16.7. The van der Waals surface area contributed by atoms with E-state index in [4.69, 9.17) is 9.40 Å². The average molecular weight is 453 g/mol. The number of nitrogens with zero attached hydrogens (tertiary/aromatic N) is 2. The molecule has 1 aliphatic rings. The van der Waals surface area contributed by atoms with Gasteiger partial charge in [0.15, 0.2) is 11.7 Å². The molecule has 0 saturated carbocycles. The number of phenols is 1. The van der Waals surface area contributed by atoms with Crippen molar-refractivity contribution in [1.82, 2.24) is 9.88 Å². The van der Waals surface area contributed by atoms with Gasteiger partial charge in [0.1, 0.15) is 11.4 Å². The van der Waals surface area contributed by atoms with Crippen LogP contribution in [0.4, 0.5) is 0 Å². The number of hydrogen-bond acceptors (Lipinski definition) is 4. The van der Waals surface area contributed by atoms with Crippen LogP contribution in [0, 0.1) is 0 Å². The highest BCUT2D eigenvalue weighted by Gasteiger charge is 2.24. The van der Waals surface area contributed by atoms with Crippen LogP contribution in [-0.2, 0) is 11.2 Å². The molecule has 172 valence electrons. The van der Waals surface area contributed by atoms with Gasteiger partial charge in [-0.3, -0.25) is 4.79 Å². The van der Waals surface area contributed by atoms with Crippen LogP contribution in [0.25, 0.3) is 22.6 Å². The SMILES string of the molecule is O=C(CCc1nc(-c2ccccc2)c(-c2ccccc2)o1)N1CCC(c2ccc(O)cc2)CC1. The quantitative estimate of drug-likeness (QED) is 0.387. The zero-order chi connectivity index (χ0) is 23.3. The molecule has 1 saturated heterocycles. The first kappa shape index (κ1) is 22.0. The molecule has 0 aliphatic carbocycles. The van der Waals surface area contributed by atoms with E-state index in [2.05, 4.69) is 0 Å². The number of aromatic nitrogens is 1. The number of amides is 1. The molecule has 2 heterocycles. The smallest absolute Gasteiger partial charge is 0.223 e. The molecule has 4 aromatic rings. The molecule has 1 fully saturated rings. The molecule has 5 nitrogen and oxygen atoms in total. The summed E-state index contributed by atoms with van der Waals surface area (Å²) < 4.78 is 6.18. The van der Waals surface area contributed by atoms with Crippen LogP contribution in [-0.4, -0.2) is 34.0 Å². The van der Waals surface area contributed by atoms with E-state index < -0.39 is 0 Å². The maximum Gasteiger partial charge on any atom is 0.223 e. The molecule has 5 rings (SSSR count). The highest BCUT2D eigenvalue weighted by Crippen LogP contribution is 2.33. The van der Waals surface area contributed by atoms with Gasteiger partial charge in [-0.2, -0.15) is 0 Å². The van der Waals surface area contributed by atoms with Crippen molar-refractivity contribution in [2.24, 2.45) is 0 Å². The molecule has 34 heavy (non-hydrogen) atoms. The van der Waals surface area contributed by atoms with Crippen molar-refractivity contribution in [3.63, 3.8) is 0 Å². The van der Waals surface area contributed by atoms with Crippen LogP contribution in [0.15, 0.2) is 89.3 Å². The molecule has 1 amide bonds. The fourth-order valence-electron chi connectivity index (χ4n) is 4.63. The van der Waals surface area contributed by atoms with Gasteiger partial charge in [0.25, 0.3) is 0 Å². The van der Waals surface area contributed by atoms with Crippen LogP contribution < -0.4 is 0 Å². The average Bonchev–Trinajstić information content (AvgIpc) is 3.33. The predicted octanol–water partition coefficient (Wildman–Crippen LogP) is 6.05. The minimum atomic E-state index is 0.143. The van der Waals surface area contributed by atoms with Crippen molar-refractivity contribution in [1.29, 1.82) is 0 Å². The highest BCUT2D eigenvalue weighted by atomic mass is 16.4. The first-order valence-corrected chi connectivity index (χ1v) is 11.8. The van der Waals surface area contributed by atoms with E-state index in [-0.39, 0.29) is 11.7 Å². The Bertz CT molecular complexity index is 1170. The summed E-state index contributed by atoms with van der Waals surface area (Å²) in [6.07, 6.45) is 2.73. The number of carbonyl (C=O) groups is 1. The zero-order valence-electron chi connectivity index (χ0n) is 19.1. The molecule has 3 aromatic carbocycles. The molecule has 0 radical (unpaired) electrons. The number of piperidine rings is 1. The van der Waals surface area contributed by atoms with E-state index in [1.165, 1.54) is 5.56 Å². The Labute approximate surface area is 199 Å². The van der Waals surface area contributed by atoms with Crippen molar-refractivity contribution < 1.29 is 14.3 Å². The van der Waals surface area contributed by atoms with Gasteiger partial charge < -0.3 is 14.4 Å². The van der Waals surface area contributed by atoms with Gasteiger partial charge in [-0.1, -0.05) is 72.8 Å². The molecule has 0 bridgehead atoms. The van der Waals surface area contributed by atoms with Gasteiger partial charge >= 0.3 is 0 Å². The van der Waals surface area contributed by atoms with E-state index in [0.29, 0.717) is 24.7 Å². The Morgan fingerprint density at radius 3 is 2.15 bits per heavy atom. The van der Waals surface area contributed by atoms with Gasteiger partial charge in [0.05, 0.1) is 0 Å².